The third kappa shape index (κ3) is 10.9. The SMILES string of the molecule is C[C@H](NC(=O)[C@H](CCC(=O)O)NC(=O)[C@@H]1CCCN1C(=O)[C@H](CCC(=O)O)NC(=O)[C@@H](N)Cc1ccc(O)cc1)C(=O)O. The van der Waals surface area contributed by atoms with Crippen LogP contribution in [-0.4, -0.2) is 104 Å². The van der Waals surface area contributed by atoms with E-state index in [1.807, 2.05) is 0 Å². The highest BCUT2D eigenvalue weighted by molar-refractivity contribution is 5.96. The zero-order valence-electron chi connectivity index (χ0n) is 23.5. The van der Waals surface area contributed by atoms with E-state index in [9.17, 15) is 43.8 Å². The lowest BCUT2D eigenvalue weighted by Crippen LogP contribution is -2.58. The molecule has 16 nitrogen and oxygen atoms in total. The molecular weight excluding hydrogens is 570 g/mol. The van der Waals surface area contributed by atoms with Crippen LogP contribution in [0.3, 0.4) is 0 Å². The van der Waals surface area contributed by atoms with Gasteiger partial charge in [-0.3, -0.25) is 33.6 Å². The van der Waals surface area contributed by atoms with Crippen LogP contribution in [0.1, 0.15) is 51.0 Å². The lowest BCUT2D eigenvalue weighted by molar-refractivity contribution is -0.144. The van der Waals surface area contributed by atoms with Crippen LogP contribution in [0.5, 0.6) is 5.75 Å². The predicted octanol–water partition coefficient (Wildman–Crippen LogP) is -1.46. The van der Waals surface area contributed by atoms with E-state index in [1.165, 1.54) is 19.1 Å². The summed E-state index contributed by atoms with van der Waals surface area (Å²) in [6.45, 7) is 1.27. The molecule has 0 aromatic heterocycles. The van der Waals surface area contributed by atoms with Gasteiger partial charge in [0.1, 0.15) is 29.9 Å². The number of phenols is 1. The quantitative estimate of drug-likeness (QED) is 0.107. The standard InChI is InChI=1S/C27H37N5O11/c1-14(27(42)43)29-24(39)18(8-10-21(34)35)30-25(40)20-3-2-12-32(20)26(41)19(9-11-22(36)37)31-23(38)17(28)13-15-4-6-16(33)7-5-15/h4-7,14,17-20,33H,2-3,8-13,28H2,1H3,(H,29,39)(H,30,40)(H,31,38)(H,34,35)(H,36,37)(H,42,43)/t14-,17-,18-,19-,20-/m0/s1. The highest BCUT2D eigenvalue weighted by Gasteiger charge is 2.39. The molecule has 0 bridgehead atoms. The van der Waals surface area contributed by atoms with Crippen molar-refractivity contribution in [2.24, 2.45) is 5.73 Å². The van der Waals surface area contributed by atoms with Crippen LogP contribution in [0.25, 0.3) is 0 Å². The van der Waals surface area contributed by atoms with Gasteiger partial charge in [0.25, 0.3) is 0 Å². The lowest BCUT2D eigenvalue weighted by atomic mass is 10.0. The van der Waals surface area contributed by atoms with Crippen LogP contribution < -0.4 is 21.7 Å². The summed E-state index contributed by atoms with van der Waals surface area (Å²) >= 11 is 0. The Morgan fingerprint density at radius 3 is 2.02 bits per heavy atom. The van der Waals surface area contributed by atoms with Gasteiger partial charge in [0.15, 0.2) is 0 Å². The van der Waals surface area contributed by atoms with E-state index in [0.29, 0.717) is 12.0 Å². The molecular formula is C27H37N5O11. The molecule has 1 aliphatic rings. The van der Waals surface area contributed by atoms with Gasteiger partial charge in [-0.1, -0.05) is 12.1 Å². The maximum Gasteiger partial charge on any atom is 0.325 e. The van der Waals surface area contributed by atoms with E-state index < -0.39 is 84.6 Å². The smallest absolute Gasteiger partial charge is 0.325 e. The minimum atomic E-state index is -1.41. The monoisotopic (exact) mass is 607 g/mol. The molecule has 236 valence electrons. The Morgan fingerprint density at radius 1 is 0.884 bits per heavy atom. The van der Waals surface area contributed by atoms with E-state index in [-0.39, 0.29) is 38.0 Å². The summed E-state index contributed by atoms with van der Waals surface area (Å²) in [5.74, 6) is -7.00. The van der Waals surface area contributed by atoms with Crippen LogP contribution in [0, 0.1) is 0 Å². The molecule has 1 saturated heterocycles. The molecule has 1 aliphatic heterocycles. The maximum absolute atomic E-state index is 13.5. The Labute approximate surface area is 246 Å². The number of nitrogens with zero attached hydrogens (tertiary/aromatic N) is 1. The number of nitrogens with one attached hydrogen (secondary N) is 3. The van der Waals surface area contributed by atoms with Gasteiger partial charge in [-0.15, -0.1) is 0 Å². The summed E-state index contributed by atoms with van der Waals surface area (Å²) in [7, 11) is 0. The second kappa shape index (κ2) is 16.1. The number of carbonyl (C=O) groups excluding carboxylic acids is 4. The second-order valence-corrected chi connectivity index (χ2v) is 10.2. The summed E-state index contributed by atoms with van der Waals surface area (Å²) in [6.07, 6.45) is -1.05. The summed E-state index contributed by atoms with van der Waals surface area (Å²) < 4.78 is 0. The average molecular weight is 608 g/mol. The van der Waals surface area contributed by atoms with Crippen molar-refractivity contribution in [3.05, 3.63) is 29.8 Å². The highest BCUT2D eigenvalue weighted by Crippen LogP contribution is 2.20. The fourth-order valence-electron chi connectivity index (χ4n) is 4.47. The summed E-state index contributed by atoms with van der Waals surface area (Å²) in [4.78, 5) is 86.9. The van der Waals surface area contributed by atoms with Crippen LogP contribution in [-0.2, 0) is 40.0 Å². The Morgan fingerprint density at radius 2 is 1.47 bits per heavy atom. The Balaban J connectivity index is 2.17. The molecule has 4 amide bonds. The van der Waals surface area contributed by atoms with Crippen molar-refractivity contribution in [3.63, 3.8) is 0 Å². The molecule has 0 radical (unpaired) electrons. The molecule has 0 spiro atoms. The van der Waals surface area contributed by atoms with Crippen LogP contribution >= 0.6 is 0 Å². The van der Waals surface area contributed by atoms with Crippen LogP contribution in [0.15, 0.2) is 24.3 Å². The molecule has 1 aromatic carbocycles. The predicted molar refractivity (Wildman–Crippen MR) is 147 cm³/mol. The number of likely N-dealkylation sites (tertiary alicyclic amines) is 1. The minimum Gasteiger partial charge on any atom is -0.508 e. The summed E-state index contributed by atoms with van der Waals surface area (Å²) in [6, 6.07) is -0.358. The molecule has 43 heavy (non-hydrogen) atoms. The second-order valence-electron chi connectivity index (χ2n) is 10.2. The Hall–Kier alpha value is -4.73. The largest absolute Gasteiger partial charge is 0.508 e. The van der Waals surface area contributed by atoms with E-state index in [2.05, 4.69) is 16.0 Å². The first-order valence-electron chi connectivity index (χ1n) is 13.6. The lowest BCUT2D eigenvalue weighted by Gasteiger charge is -2.30. The number of rotatable bonds is 16. The van der Waals surface area contributed by atoms with E-state index in [0.717, 1.165) is 4.90 Å². The summed E-state index contributed by atoms with van der Waals surface area (Å²) in [5, 5.41) is 43.8. The third-order valence-corrected chi connectivity index (χ3v) is 6.84. The molecule has 2 rings (SSSR count). The average Bonchev–Trinajstić information content (AvgIpc) is 3.43. The number of nitrogens with two attached hydrogens (primary N) is 1. The highest BCUT2D eigenvalue weighted by atomic mass is 16.4. The number of phenolic OH excluding ortho intramolecular Hbond substituents is 1. The molecule has 16 heteroatoms. The van der Waals surface area contributed by atoms with Crippen molar-refractivity contribution in [3.8, 4) is 5.75 Å². The van der Waals surface area contributed by atoms with Crippen molar-refractivity contribution in [1.29, 1.82) is 0 Å². The zero-order chi connectivity index (χ0) is 32.3. The van der Waals surface area contributed by atoms with Crippen molar-refractivity contribution in [2.75, 3.05) is 6.54 Å². The Bertz CT molecular complexity index is 1210. The first kappa shape index (κ1) is 34.5. The fourth-order valence-corrected chi connectivity index (χ4v) is 4.47. The zero-order valence-corrected chi connectivity index (χ0v) is 23.5. The molecule has 0 aliphatic carbocycles. The topological polar surface area (TPSA) is 266 Å². The molecule has 5 atom stereocenters. The number of hydrogen-bond donors (Lipinski definition) is 8. The molecule has 0 unspecified atom stereocenters. The minimum absolute atomic E-state index is 0.0222. The normalized spacial score (nSPS) is 17.2. The van der Waals surface area contributed by atoms with E-state index in [4.69, 9.17) is 15.9 Å². The molecule has 1 heterocycles. The van der Waals surface area contributed by atoms with Crippen molar-refractivity contribution in [1.82, 2.24) is 20.9 Å². The molecule has 9 N–H and O–H groups in total. The van der Waals surface area contributed by atoms with Gasteiger partial charge in [-0.05, 0) is 56.7 Å². The number of benzene rings is 1. The maximum atomic E-state index is 13.5. The van der Waals surface area contributed by atoms with Crippen molar-refractivity contribution < 1.29 is 54.0 Å². The van der Waals surface area contributed by atoms with Crippen LogP contribution in [0.2, 0.25) is 0 Å². The number of carboxylic acid groups (broad SMARTS) is 3. The number of amides is 4. The number of aromatic hydroxyl groups is 1. The first-order chi connectivity index (χ1) is 20.2. The van der Waals surface area contributed by atoms with Gasteiger partial charge < -0.3 is 47.0 Å². The molecule has 1 fully saturated rings. The van der Waals surface area contributed by atoms with Crippen LogP contribution in [0.4, 0.5) is 0 Å². The number of carboxylic acids is 3. The van der Waals surface area contributed by atoms with Gasteiger partial charge in [-0.2, -0.15) is 0 Å². The third-order valence-electron chi connectivity index (χ3n) is 6.84. The van der Waals surface area contributed by atoms with Gasteiger partial charge >= 0.3 is 17.9 Å². The number of carbonyl (C=O) groups is 7. The van der Waals surface area contributed by atoms with Gasteiger partial charge in [-0.25, -0.2) is 0 Å². The van der Waals surface area contributed by atoms with Gasteiger partial charge in [0, 0.05) is 19.4 Å². The number of aliphatic carboxylic acids is 3. The van der Waals surface area contributed by atoms with E-state index >= 15 is 0 Å². The fraction of sp³-hybridized carbons (Fsp3) is 0.519. The molecule has 1 aromatic rings. The number of hydrogen-bond acceptors (Lipinski definition) is 9. The van der Waals surface area contributed by atoms with E-state index in [1.54, 1.807) is 12.1 Å². The summed E-state index contributed by atoms with van der Waals surface area (Å²) in [5.41, 5.74) is 6.64. The van der Waals surface area contributed by atoms with Gasteiger partial charge in [0.2, 0.25) is 23.6 Å². The van der Waals surface area contributed by atoms with Gasteiger partial charge in [0.05, 0.1) is 6.04 Å². The van der Waals surface area contributed by atoms with Crippen molar-refractivity contribution in [2.45, 2.75) is 82.1 Å². The molecule has 0 saturated carbocycles. The Kier molecular flexibility index (Phi) is 12.9. The first-order valence-corrected chi connectivity index (χ1v) is 13.6. The van der Waals surface area contributed by atoms with Crippen molar-refractivity contribution >= 4 is 41.5 Å².